The third-order valence-corrected chi connectivity index (χ3v) is 3.39. The summed E-state index contributed by atoms with van der Waals surface area (Å²) in [6.07, 6.45) is 1.71. The van der Waals surface area contributed by atoms with Crippen LogP contribution in [0.5, 0.6) is 11.5 Å². The van der Waals surface area contributed by atoms with Crippen molar-refractivity contribution in [3.05, 3.63) is 52.5 Å². The molecule has 2 rings (SSSR count). The molecule has 0 spiro atoms. The number of phenols is 1. The molecule has 0 bridgehead atoms. The summed E-state index contributed by atoms with van der Waals surface area (Å²) in [7, 11) is 3.39. The Kier molecular flexibility index (Phi) is 4.63. The van der Waals surface area contributed by atoms with E-state index in [0.717, 1.165) is 11.3 Å². The van der Waals surface area contributed by atoms with Crippen molar-refractivity contribution in [3.8, 4) is 11.5 Å². The molecule has 0 saturated carbocycles. The average molecular weight is 335 g/mol. The normalized spacial score (nSPS) is 10.8. The van der Waals surface area contributed by atoms with Crippen LogP contribution in [0.15, 0.2) is 52.0 Å². The summed E-state index contributed by atoms with van der Waals surface area (Å²) in [6.45, 7) is 0. The van der Waals surface area contributed by atoms with E-state index in [1.165, 1.54) is 7.11 Å². The zero-order valence-corrected chi connectivity index (χ0v) is 12.8. The molecule has 1 N–H and O–H groups in total. The number of benzene rings is 2. The molecule has 0 aliphatic carbocycles. The van der Waals surface area contributed by atoms with Gasteiger partial charge in [0.1, 0.15) is 0 Å². The molecule has 104 valence electrons. The van der Waals surface area contributed by atoms with E-state index in [4.69, 9.17) is 4.74 Å². The van der Waals surface area contributed by atoms with Crippen LogP contribution in [0.25, 0.3) is 0 Å². The molecule has 0 radical (unpaired) electrons. The molecule has 20 heavy (non-hydrogen) atoms. The molecule has 0 aromatic heterocycles. The lowest BCUT2D eigenvalue weighted by Gasteiger charge is -2.12. The number of para-hydroxylation sites is 1. The summed E-state index contributed by atoms with van der Waals surface area (Å²) in [6, 6.07) is 13.3. The van der Waals surface area contributed by atoms with Gasteiger partial charge < -0.3 is 9.84 Å². The summed E-state index contributed by atoms with van der Waals surface area (Å²) >= 11 is 3.28. The largest absolute Gasteiger partial charge is 0.503 e. The minimum atomic E-state index is 0.0843. The van der Waals surface area contributed by atoms with Crippen molar-refractivity contribution < 1.29 is 9.84 Å². The molecule has 0 aliphatic rings. The summed E-state index contributed by atoms with van der Waals surface area (Å²) in [4.78, 5) is 0. The van der Waals surface area contributed by atoms with Gasteiger partial charge in [-0.1, -0.05) is 18.2 Å². The number of nitrogens with zero attached hydrogens (tertiary/aromatic N) is 2. The summed E-state index contributed by atoms with van der Waals surface area (Å²) in [5, 5.41) is 15.9. The molecule has 0 fully saturated rings. The van der Waals surface area contributed by atoms with Crippen LogP contribution < -0.4 is 9.75 Å². The quantitative estimate of drug-likeness (QED) is 0.685. The number of aromatic hydroxyl groups is 1. The molecular formula is C15H15BrN2O2. The van der Waals surface area contributed by atoms with E-state index in [1.807, 2.05) is 37.4 Å². The number of phenolic OH excluding ortho intramolecular Hbond substituents is 1. The van der Waals surface area contributed by atoms with Crippen LogP contribution in [-0.4, -0.2) is 25.5 Å². The molecule has 0 atom stereocenters. The van der Waals surface area contributed by atoms with E-state index in [9.17, 15) is 5.11 Å². The molecule has 0 heterocycles. The van der Waals surface area contributed by atoms with Gasteiger partial charge >= 0.3 is 0 Å². The Morgan fingerprint density at radius 2 is 1.95 bits per heavy atom. The monoisotopic (exact) mass is 334 g/mol. The zero-order chi connectivity index (χ0) is 14.5. The first kappa shape index (κ1) is 14.4. The second-order valence-corrected chi connectivity index (χ2v) is 5.01. The number of anilines is 1. The molecule has 0 unspecified atom stereocenters. The molecule has 5 heteroatoms. The van der Waals surface area contributed by atoms with E-state index in [0.29, 0.717) is 10.2 Å². The Labute approximate surface area is 126 Å². The van der Waals surface area contributed by atoms with Gasteiger partial charge in [-0.3, -0.25) is 5.01 Å². The predicted molar refractivity (Wildman–Crippen MR) is 84.8 cm³/mol. The van der Waals surface area contributed by atoms with Crippen LogP contribution >= 0.6 is 15.9 Å². The Morgan fingerprint density at radius 1 is 1.25 bits per heavy atom. The van der Waals surface area contributed by atoms with Crippen LogP contribution in [0, 0.1) is 0 Å². The van der Waals surface area contributed by atoms with Crippen molar-refractivity contribution in [2.45, 2.75) is 0 Å². The summed E-state index contributed by atoms with van der Waals surface area (Å²) in [5.41, 5.74) is 1.82. The van der Waals surface area contributed by atoms with Gasteiger partial charge in [-0.2, -0.15) is 5.10 Å². The summed E-state index contributed by atoms with van der Waals surface area (Å²) in [5.74, 6) is 0.490. The van der Waals surface area contributed by atoms with E-state index >= 15 is 0 Å². The first-order valence-electron chi connectivity index (χ1n) is 6.01. The number of ether oxygens (including phenoxy) is 1. The van der Waals surface area contributed by atoms with Crippen molar-refractivity contribution in [2.24, 2.45) is 5.10 Å². The Balaban J connectivity index is 2.21. The number of halogens is 1. The van der Waals surface area contributed by atoms with E-state index in [-0.39, 0.29) is 5.75 Å². The van der Waals surface area contributed by atoms with Gasteiger partial charge in [-0.15, -0.1) is 0 Å². The minimum absolute atomic E-state index is 0.0843. The highest BCUT2D eigenvalue weighted by Gasteiger charge is 2.07. The fourth-order valence-corrected chi connectivity index (χ4v) is 2.15. The number of methoxy groups -OCH3 is 1. The molecular weight excluding hydrogens is 320 g/mol. The highest BCUT2D eigenvalue weighted by molar-refractivity contribution is 9.10. The lowest BCUT2D eigenvalue weighted by atomic mass is 10.2. The van der Waals surface area contributed by atoms with Gasteiger partial charge in [-0.05, 0) is 45.8 Å². The summed E-state index contributed by atoms with van der Waals surface area (Å²) < 4.78 is 5.67. The van der Waals surface area contributed by atoms with Gasteiger partial charge in [0, 0.05) is 7.05 Å². The SMILES string of the molecule is COc1cc(C=NN(C)c2ccccc2)cc(Br)c1O. The van der Waals surface area contributed by atoms with Crippen LogP contribution in [0.2, 0.25) is 0 Å². The molecule has 4 nitrogen and oxygen atoms in total. The average Bonchev–Trinajstić information content (AvgIpc) is 2.48. The first-order chi connectivity index (χ1) is 9.61. The second kappa shape index (κ2) is 6.43. The standard InChI is InChI=1S/C15H15BrN2O2/c1-18(12-6-4-3-5-7-12)17-10-11-8-13(16)15(19)14(9-11)20-2/h3-10,19H,1-2H3. The van der Waals surface area contributed by atoms with Crippen LogP contribution in [0.3, 0.4) is 0 Å². The van der Waals surface area contributed by atoms with Crippen LogP contribution in [0.4, 0.5) is 5.69 Å². The second-order valence-electron chi connectivity index (χ2n) is 4.16. The fraction of sp³-hybridized carbons (Fsp3) is 0.133. The number of hydrogen-bond donors (Lipinski definition) is 1. The zero-order valence-electron chi connectivity index (χ0n) is 11.2. The van der Waals surface area contributed by atoms with E-state index in [1.54, 1.807) is 23.4 Å². The molecule has 2 aromatic carbocycles. The van der Waals surface area contributed by atoms with Crippen molar-refractivity contribution in [1.29, 1.82) is 0 Å². The van der Waals surface area contributed by atoms with Gasteiger partial charge in [-0.25, -0.2) is 0 Å². The van der Waals surface area contributed by atoms with Crippen molar-refractivity contribution in [2.75, 3.05) is 19.2 Å². The molecule has 0 aliphatic heterocycles. The highest BCUT2D eigenvalue weighted by Crippen LogP contribution is 2.34. The first-order valence-corrected chi connectivity index (χ1v) is 6.80. The van der Waals surface area contributed by atoms with Gasteiger partial charge in [0.25, 0.3) is 0 Å². The Bertz CT molecular complexity index is 615. The van der Waals surface area contributed by atoms with Crippen molar-refractivity contribution in [3.63, 3.8) is 0 Å². The maximum absolute atomic E-state index is 9.75. The third-order valence-electron chi connectivity index (χ3n) is 2.78. The number of rotatable bonds is 4. The molecule has 0 saturated heterocycles. The lowest BCUT2D eigenvalue weighted by molar-refractivity contribution is 0.372. The van der Waals surface area contributed by atoms with E-state index in [2.05, 4.69) is 21.0 Å². The smallest absolute Gasteiger partial charge is 0.172 e. The van der Waals surface area contributed by atoms with Crippen molar-refractivity contribution in [1.82, 2.24) is 0 Å². The van der Waals surface area contributed by atoms with Gasteiger partial charge in [0.2, 0.25) is 0 Å². The molecule has 2 aromatic rings. The molecule has 0 amide bonds. The van der Waals surface area contributed by atoms with Gasteiger partial charge in [0.05, 0.1) is 23.5 Å². The van der Waals surface area contributed by atoms with Gasteiger partial charge in [0.15, 0.2) is 11.5 Å². The number of hydrogen-bond acceptors (Lipinski definition) is 4. The maximum atomic E-state index is 9.75. The Hall–Kier alpha value is -2.01. The fourth-order valence-electron chi connectivity index (χ4n) is 1.69. The van der Waals surface area contributed by atoms with Crippen LogP contribution in [0.1, 0.15) is 5.56 Å². The minimum Gasteiger partial charge on any atom is -0.503 e. The highest BCUT2D eigenvalue weighted by atomic mass is 79.9. The Morgan fingerprint density at radius 3 is 2.60 bits per heavy atom. The lowest BCUT2D eigenvalue weighted by Crippen LogP contribution is -2.08. The maximum Gasteiger partial charge on any atom is 0.172 e. The third kappa shape index (κ3) is 3.30. The topological polar surface area (TPSA) is 45.1 Å². The predicted octanol–water partition coefficient (Wildman–Crippen LogP) is 3.63. The van der Waals surface area contributed by atoms with Crippen LogP contribution in [-0.2, 0) is 0 Å². The van der Waals surface area contributed by atoms with E-state index < -0.39 is 0 Å². The number of hydrazone groups is 1. The van der Waals surface area contributed by atoms with Crippen molar-refractivity contribution >= 4 is 27.8 Å².